The van der Waals surface area contributed by atoms with Crippen LogP contribution in [0.15, 0.2) is 18.3 Å². The van der Waals surface area contributed by atoms with E-state index >= 15 is 0 Å². The fourth-order valence-electron chi connectivity index (χ4n) is 1.54. The van der Waals surface area contributed by atoms with E-state index in [1.54, 1.807) is 12.3 Å². The van der Waals surface area contributed by atoms with Crippen LogP contribution in [0.25, 0.3) is 0 Å². The Kier molecular flexibility index (Phi) is 3.81. The lowest BCUT2D eigenvalue weighted by Gasteiger charge is -2.09. The molecule has 0 bridgehead atoms. The first kappa shape index (κ1) is 12.8. The zero-order valence-electron chi connectivity index (χ0n) is 10.7. The van der Waals surface area contributed by atoms with E-state index in [2.05, 4.69) is 20.4 Å². The summed E-state index contributed by atoms with van der Waals surface area (Å²) >= 11 is 5.98. The molecule has 0 aliphatic carbocycles. The van der Waals surface area contributed by atoms with E-state index in [0.29, 0.717) is 11.7 Å². The molecule has 5 nitrogen and oxygen atoms in total. The second-order valence-electron chi connectivity index (χ2n) is 4.39. The maximum Gasteiger partial charge on any atom is 0.135 e. The second-order valence-corrected chi connectivity index (χ2v) is 4.78. The molecule has 1 N–H and O–H groups in total. The Hall–Kier alpha value is -1.62. The highest BCUT2D eigenvalue weighted by Gasteiger charge is 2.07. The van der Waals surface area contributed by atoms with Gasteiger partial charge in [-0.2, -0.15) is 5.10 Å². The summed E-state index contributed by atoms with van der Waals surface area (Å²) in [5.41, 5.74) is 1.08. The van der Waals surface area contributed by atoms with Crippen LogP contribution in [-0.2, 0) is 13.6 Å². The number of aromatic nitrogens is 4. The number of anilines is 1. The number of hydrogen-bond donors (Lipinski definition) is 1. The van der Waals surface area contributed by atoms with Gasteiger partial charge in [0.05, 0.1) is 12.2 Å². The summed E-state index contributed by atoms with van der Waals surface area (Å²) in [5, 5.41) is 7.80. The molecule has 0 aliphatic heterocycles. The zero-order chi connectivity index (χ0) is 13.1. The quantitative estimate of drug-likeness (QED) is 0.864. The molecule has 6 heteroatoms. The molecular formula is C12H16ClN5. The highest BCUT2D eigenvalue weighted by Crippen LogP contribution is 2.17. The smallest absolute Gasteiger partial charge is 0.135 e. The molecule has 2 rings (SSSR count). The topological polar surface area (TPSA) is 55.6 Å². The first-order valence-electron chi connectivity index (χ1n) is 5.81. The van der Waals surface area contributed by atoms with E-state index in [1.807, 2.05) is 31.6 Å². The second kappa shape index (κ2) is 5.35. The Morgan fingerprint density at radius 2 is 2.17 bits per heavy atom. The van der Waals surface area contributed by atoms with E-state index in [0.717, 1.165) is 17.3 Å². The summed E-state index contributed by atoms with van der Waals surface area (Å²) in [7, 11) is 1.91. The lowest BCUT2D eigenvalue weighted by atomic mass is 10.2. The van der Waals surface area contributed by atoms with Crippen LogP contribution < -0.4 is 5.32 Å². The normalized spacial score (nSPS) is 10.9. The van der Waals surface area contributed by atoms with Crippen molar-refractivity contribution in [3.63, 3.8) is 0 Å². The van der Waals surface area contributed by atoms with E-state index < -0.39 is 0 Å². The van der Waals surface area contributed by atoms with Crippen molar-refractivity contribution in [2.45, 2.75) is 26.3 Å². The number of halogens is 1. The predicted octanol–water partition coefficient (Wildman–Crippen LogP) is 2.60. The van der Waals surface area contributed by atoms with Gasteiger partial charge in [0.15, 0.2) is 0 Å². The van der Waals surface area contributed by atoms with Crippen molar-refractivity contribution in [1.82, 2.24) is 19.7 Å². The fourth-order valence-corrected chi connectivity index (χ4v) is 1.73. The Labute approximate surface area is 111 Å². The molecule has 2 heterocycles. The lowest BCUT2D eigenvalue weighted by molar-refractivity contribution is 0.718. The molecule has 0 amide bonds. The average molecular weight is 266 g/mol. The number of aryl methyl sites for hydroxylation is 1. The van der Waals surface area contributed by atoms with E-state index in [9.17, 15) is 0 Å². The molecule has 2 aromatic rings. The monoisotopic (exact) mass is 265 g/mol. The van der Waals surface area contributed by atoms with E-state index in [4.69, 9.17) is 11.6 Å². The molecule has 0 atom stereocenters. The van der Waals surface area contributed by atoms with Gasteiger partial charge < -0.3 is 5.32 Å². The molecule has 0 saturated carbocycles. The minimum absolute atomic E-state index is 0.251. The van der Waals surface area contributed by atoms with E-state index in [1.165, 1.54) is 0 Å². The van der Waals surface area contributed by atoms with Gasteiger partial charge in [-0.15, -0.1) is 0 Å². The summed E-state index contributed by atoms with van der Waals surface area (Å²) in [5.74, 6) is 1.73. The SMILES string of the molecule is CC(C)c1nc(Cl)cc(NCc2ccnn2C)n1. The highest BCUT2D eigenvalue weighted by atomic mass is 35.5. The summed E-state index contributed by atoms with van der Waals surface area (Å²) < 4.78 is 1.82. The fraction of sp³-hybridized carbons (Fsp3) is 0.417. The summed E-state index contributed by atoms with van der Waals surface area (Å²) in [6, 6.07) is 3.68. The molecule has 0 aromatic carbocycles. The van der Waals surface area contributed by atoms with Crippen molar-refractivity contribution in [3.8, 4) is 0 Å². The molecule has 18 heavy (non-hydrogen) atoms. The van der Waals surface area contributed by atoms with Crippen molar-refractivity contribution in [2.75, 3.05) is 5.32 Å². The standard InChI is InChI=1S/C12H16ClN5/c1-8(2)12-16-10(13)6-11(17-12)14-7-9-4-5-15-18(9)3/h4-6,8H,7H2,1-3H3,(H,14,16,17). The third kappa shape index (κ3) is 2.98. The van der Waals surface area contributed by atoms with Gasteiger partial charge in [0.1, 0.15) is 16.8 Å². The van der Waals surface area contributed by atoms with Crippen LogP contribution in [0.4, 0.5) is 5.82 Å². The van der Waals surface area contributed by atoms with Crippen LogP contribution in [-0.4, -0.2) is 19.7 Å². The van der Waals surface area contributed by atoms with Gasteiger partial charge in [-0.05, 0) is 6.07 Å². The Morgan fingerprint density at radius 1 is 1.39 bits per heavy atom. The van der Waals surface area contributed by atoms with Gasteiger partial charge in [0, 0.05) is 25.2 Å². The summed E-state index contributed by atoms with van der Waals surface area (Å²) in [6.07, 6.45) is 1.77. The largest absolute Gasteiger partial charge is 0.364 e. The zero-order valence-corrected chi connectivity index (χ0v) is 11.4. The Balaban J connectivity index is 2.12. The molecular weight excluding hydrogens is 250 g/mol. The van der Waals surface area contributed by atoms with Gasteiger partial charge >= 0.3 is 0 Å². The third-order valence-electron chi connectivity index (χ3n) is 2.60. The van der Waals surface area contributed by atoms with Crippen LogP contribution in [0.1, 0.15) is 31.3 Å². The minimum Gasteiger partial charge on any atom is -0.364 e. The van der Waals surface area contributed by atoms with Gasteiger partial charge in [0.2, 0.25) is 0 Å². The Bertz CT molecular complexity index is 535. The van der Waals surface area contributed by atoms with Crippen LogP contribution in [0.5, 0.6) is 0 Å². The highest BCUT2D eigenvalue weighted by molar-refractivity contribution is 6.29. The number of nitrogens with zero attached hydrogens (tertiary/aromatic N) is 4. The van der Waals surface area contributed by atoms with Crippen molar-refractivity contribution < 1.29 is 0 Å². The molecule has 0 saturated heterocycles. The molecule has 0 unspecified atom stereocenters. The van der Waals surface area contributed by atoms with Crippen LogP contribution in [0.3, 0.4) is 0 Å². The van der Waals surface area contributed by atoms with Gasteiger partial charge in [-0.3, -0.25) is 4.68 Å². The number of hydrogen-bond acceptors (Lipinski definition) is 4. The molecule has 0 spiro atoms. The summed E-state index contributed by atoms with van der Waals surface area (Å²) in [4.78, 5) is 8.62. The number of nitrogens with one attached hydrogen (secondary N) is 1. The van der Waals surface area contributed by atoms with Gasteiger partial charge in [-0.1, -0.05) is 25.4 Å². The molecule has 0 aliphatic rings. The van der Waals surface area contributed by atoms with Crippen LogP contribution in [0, 0.1) is 0 Å². The number of rotatable bonds is 4. The maximum absolute atomic E-state index is 5.98. The maximum atomic E-state index is 5.98. The van der Waals surface area contributed by atoms with Crippen LogP contribution in [0.2, 0.25) is 5.15 Å². The Morgan fingerprint density at radius 3 is 2.78 bits per heavy atom. The first-order valence-corrected chi connectivity index (χ1v) is 6.19. The van der Waals surface area contributed by atoms with Crippen molar-refractivity contribution >= 4 is 17.4 Å². The molecule has 0 radical (unpaired) electrons. The van der Waals surface area contributed by atoms with Crippen molar-refractivity contribution in [2.24, 2.45) is 7.05 Å². The predicted molar refractivity (Wildman–Crippen MR) is 71.7 cm³/mol. The van der Waals surface area contributed by atoms with E-state index in [-0.39, 0.29) is 5.92 Å². The van der Waals surface area contributed by atoms with Gasteiger partial charge in [-0.25, -0.2) is 9.97 Å². The molecule has 2 aromatic heterocycles. The average Bonchev–Trinajstić information content (AvgIpc) is 2.71. The third-order valence-corrected chi connectivity index (χ3v) is 2.80. The first-order chi connectivity index (χ1) is 8.56. The van der Waals surface area contributed by atoms with Crippen LogP contribution >= 0.6 is 11.6 Å². The minimum atomic E-state index is 0.251. The van der Waals surface area contributed by atoms with Gasteiger partial charge in [0.25, 0.3) is 0 Å². The molecule has 96 valence electrons. The molecule has 0 fully saturated rings. The van der Waals surface area contributed by atoms with Crippen molar-refractivity contribution in [1.29, 1.82) is 0 Å². The summed E-state index contributed by atoms with van der Waals surface area (Å²) in [6.45, 7) is 4.73. The lowest BCUT2D eigenvalue weighted by Crippen LogP contribution is -2.08. The van der Waals surface area contributed by atoms with Crippen molar-refractivity contribution in [3.05, 3.63) is 35.0 Å².